The number of alkyl carbamates (subject to hydrolysis) is 1. The van der Waals surface area contributed by atoms with Crippen LogP contribution in [0.25, 0.3) is 10.4 Å². The van der Waals surface area contributed by atoms with Gasteiger partial charge in [0.05, 0.1) is 43.7 Å². The number of carbonyl (C=O) groups excluding carboxylic acids is 1. The van der Waals surface area contributed by atoms with Crippen molar-refractivity contribution < 1.29 is 38.0 Å². The summed E-state index contributed by atoms with van der Waals surface area (Å²) >= 11 is 0. The molecule has 0 radical (unpaired) electrons. The first-order valence-corrected chi connectivity index (χ1v) is 17.8. The van der Waals surface area contributed by atoms with Crippen molar-refractivity contribution in [2.45, 2.75) is 116 Å². The quantitative estimate of drug-likeness (QED) is 0.0706. The molecule has 282 valence electrons. The molecule has 1 fully saturated rings. The molecule has 1 saturated heterocycles. The summed E-state index contributed by atoms with van der Waals surface area (Å²) < 4.78 is 44.7. The van der Waals surface area contributed by atoms with E-state index in [9.17, 15) is 4.79 Å². The average molecular weight is 719 g/mol. The van der Waals surface area contributed by atoms with Gasteiger partial charge in [-0.2, -0.15) is 0 Å². The normalized spacial score (nSPS) is 20.6. The summed E-state index contributed by atoms with van der Waals surface area (Å²) in [5, 5.41) is 6.51. The second-order valence-corrected chi connectivity index (χ2v) is 14.4. The minimum absolute atomic E-state index is 0.144. The van der Waals surface area contributed by atoms with E-state index in [1.165, 1.54) is 0 Å². The fourth-order valence-corrected chi connectivity index (χ4v) is 5.58. The monoisotopic (exact) mass is 718 g/mol. The number of nitrogens with one attached hydrogen (secondary N) is 1. The Labute approximate surface area is 307 Å². The predicted octanol–water partition coefficient (Wildman–Crippen LogP) is 7.89. The van der Waals surface area contributed by atoms with E-state index in [1.807, 2.05) is 133 Å². The number of carbonyl (C=O) groups is 1. The van der Waals surface area contributed by atoms with Crippen LogP contribution in [0.5, 0.6) is 0 Å². The van der Waals surface area contributed by atoms with Crippen molar-refractivity contribution in [3.8, 4) is 0 Å². The molecule has 1 aliphatic heterocycles. The van der Waals surface area contributed by atoms with E-state index in [4.69, 9.17) is 38.7 Å². The SMILES string of the molecule is CC(C)O[C@H]1OC(COC(=O)NC(C)(C)COC(C)(C)CCN=[N+]=[N-])[C@H](OCc2ccccc2)C(OCc2ccccc2)C1OCc1ccccc1. The number of amides is 1. The fraction of sp³-hybridized carbons (Fsp3) is 0.525. The lowest BCUT2D eigenvalue weighted by Gasteiger charge is -2.46. The van der Waals surface area contributed by atoms with Crippen molar-refractivity contribution in [3.63, 3.8) is 0 Å². The standard InChI is InChI=1S/C40H54N4O8/c1-29(2)51-37-36(48-26-32-20-14-9-15-21-32)35(47-25-31-18-12-8-13-19-31)34(46-24-30-16-10-7-11-17-30)33(52-37)27-49-38(45)43-39(3,4)28-50-40(5,6)22-23-42-44-41/h7-21,29,33-37H,22-28H2,1-6H3,(H,43,45)/t33?,34-,35?,36?,37-/m0/s1. The average Bonchev–Trinajstić information content (AvgIpc) is 3.12. The van der Waals surface area contributed by atoms with Crippen LogP contribution in [0.15, 0.2) is 96.1 Å². The number of hydrogen-bond donors (Lipinski definition) is 1. The van der Waals surface area contributed by atoms with Gasteiger partial charge in [0.1, 0.15) is 31.0 Å². The van der Waals surface area contributed by atoms with Crippen molar-refractivity contribution in [1.29, 1.82) is 0 Å². The minimum Gasteiger partial charge on any atom is -0.447 e. The maximum atomic E-state index is 13.3. The first kappa shape index (κ1) is 40.8. The highest BCUT2D eigenvalue weighted by molar-refractivity contribution is 5.68. The van der Waals surface area contributed by atoms with Crippen molar-refractivity contribution >= 4 is 6.09 Å². The molecule has 1 aliphatic rings. The van der Waals surface area contributed by atoms with Crippen LogP contribution >= 0.6 is 0 Å². The summed E-state index contributed by atoms with van der Waals surface area (Å²) in [6.45, 7) is 12.6. The van der Waals surface area contributed by atoms with Crippen LogP contribution in [0.2, 0.25) is 0 Å². The molecule has 1 heterocycles. The predicted molar refractivity (Wildman–Crippen MR) is 197 cm³/mol. The van der Waals surface area contributed by atoms with Crippen LogP contribution in [0.1, 0.15) is 64.7 Å². The largest absolute Gasteiger partial charge is 0.447 e. The molecule has 3 aromatic carbocycles. The summed E-state index contributed by atoms with van der Waals surface area (Å²) in [5.74, 6) is 0. The second kappa shape index (κ2) is 20.3. The van der Waals surface area contributed by atoms with Crippen molar-refractivity contribution in [1.82, 2.24) is 5.32 Å². The molecular formula is C40H54N4O8. The smallest absolute Gasteiger partial charge is 0.407 e. The number of rotatable bonds is 20. The Morgan fingerprint density at radius 3 is 1.81 bits per heavy atom. The molecule has 1 amide bonds. The lowest BCUT2D eigenvalue weighted by Crippen LogP contribution is -2.62. The highest BCUT2D eigenvalue weighted by Crippen LogP contribution is 2.32. The van der Waals surface area contributed by atoms with E-state index in [2.05, 4.69) is 15.3 Å². The highest BCUT2D eigenvalue weighted by atomic mass is 16.7. The molecule has 3 unspecified atom stereocenters. The van der Waals surface area contributed by atoms with Crippen molar-refractivity contribution in [2.24, 2.45) is 5.11 Å². The Morgan fingerprint density at radius 2 is 1.31 bits per heavy atom. The Hall–Kier alpha value is -4.00. The summed E-state index contributed by atoms with van der Waals surface area (Å²) in [6.07, 6.45) is -4.00. The molecule has 0 bridgehead atoms. The molecule has 12 heteroatoms. The van der Waals surface area contributed by atoms with E-state index in [0.717, 1.165) is 16.7 Å². The topological polar surface area (TPSA) is 142 Å². The van der Waals surface area contributed by atoms with Gasteiger partial charge in [-0.05, 0) is 70.2 Å². The number of azide groups is 1. The van der Waals surface area contributed by atoms with E-state index >= 15 is 0 Å². The molecule has 52 heavy (non-hydrogen) atoms. The number of nitrogens with zero attached hydrogens (tertiary/aromatic N) is 3. The van der Waals surface area contributed by atoms with Crippen LogP contribution in [0.4, 0.5) is 4.79 Å². The zero-order chi connectivity index (χ0) is 37.4. The fourth-order valence-electron chi connectivity index (χ4n) is 5.58. The first-order valence-electron chi connectivity index (χ1n) is 17.8. The molecule has 0 aromatic heterocycles. The van der Waals surface area contributed by atoms with Crippen LogP contribution in [-0.2, 0) is 53.0 Å². The molecule has 4 rings (SSSR count). The molecule has 3 aromatic rings. The molecule has 0 spiro atoms. The zero-order valence-corrected chi connectivity index (χ0v) is 31.2. The summed E-state index contributed by atoms with van der Waals surface area (Å²) in [5.41, 5.74) is 10.2. The van der Waals surface area contributed by atoms with Crippen LogP contribution in [0, 0.1) is 0 Å². The molecule has 1 N–H and O–H groups in total. The van der Waals surface area contributed by atoms with Gasteiger partial charge in [0.15, 0.2) is 6.29 Å². The van der Waals surface area contributed by atoms with E-state index in [-0.39, 0.29) is 32.5 Å². The third-order valence-electron chi connectivity index (χ3n) is 8.37. The lowest BCUT2D eigenvalue weighted by atomic mass is 9.97. The van der Waals surface area contributed by atoms with Gasteiger partial charge in [-0.15, -0.1) is 0 Å². The van der Waals surface area contributed by atoms with Crippen LogP contribution in [-0.4, -0.2) is 73.8 Å². The zero-order valence-electron chi connectivity index (χ0n) is 31.2. The molecule has 0 aliphatic carbocycles. The number of benzene rings is 3. The van der Waals surface area contributed by atoms with Gasteiger partial charge in [0.25, 0.3) is 0 Å². The van der Waals surface area contributed by atoms with Gasteiger partial charge in [-0.1, -0.05) is 96.1 Å². The lowest BCUT2D eigenvalue weighted by molar-refractivity contribution is -0.332. The second-order valence-electron chi connectivity index (χ2n) is 14.4. The third kappa shape index (κ3) is 13.9. The van der Waals surface area contributed by atoms with Crippen molar-refractivity contribution in [3.05, 3.63) is 118 Å². The Bertz CT molecular complexity index is 1520. The van der Waals surface area contributed by atoms with Gasteiger partial charge in [0, 0.05) is 11.5 Å². The van der Waals surface area contributed by atoms with Crippen molar-refractivity contribution in [2.75, 3.05) is 19.8 Å². The number of ether oxygens (including phenoxy) is 7. The van der Waals surface area contributed by atoms with E-state index in [0.29, 0.717) is 19.6 Å². The summed E-state index contributed by atoms with van der Waals surface area (Å²) in [6, 6.07) is 29.6. The first-order chi connectivity index (χ1) is 24.9. The van der Waals surface area contributed by atoms with Crippen LogP contribution in [0.3, 0.4) is 0 Å². The van der Waals surface area contributed by atoms with E-state index < -0.39 is 47.9 Å². The maximum Gasteiger partial charge on any atom is 0.407 e. The minimum atomic E-state index is -0.852. The summed E-state index contributed by atoms with van der Waals surface area (Å²) in [7, 11) is 0. The van der Waals surface area contributed by atoms with Gasteiger partial charge in [0.2, 0.25) is 0 Å². The van der Waals surface area contributed by atoms with Crippen LogP contribution < -0.4 is 5.32 Å². The van der Waals surface area contributed by atoms with Gasteiger partial charge < -0.3 is 38.5 Å². The van der Waals surface area contributed by atoms with Gasteiger partial charge in [-0.3, -0.25) is 0 Å². The Kier molecular flexibility index (Phi) is 15.9. The Balaban J connectivity index is 1.55. The van der Waals surface area contributed by atoms with Gasteiger partial charge in [-0.25, -0.2) is 4.79 Å². The maximum absolute atomic E-state index is 13.3. The molecule has 12 nitrogen and oxygen atoms in total. The highest BCUT2D eigenvalue weighted by Gasteiger charge is 2.50. The summed E-state index contributed by atoms with van der Waals surface area (Å²) in [4.78, 5) is 16.1. The van der Waals surface area contributed by atoms with E-state index in [1.54, 1.807) is 0 Å². The Morgan fingerprint density at radius 1 is 0.808 bits per heavy atom. The third-order valence-corrected chi connectivity index (χ3v) is 8.37. The molecule has 0 saturated carbocycles. The van der Waals surface area contributed by atoms with Gasteiger partial charge >= 0.3 is 6.09 Å². The molecule has 5 atom stereocenters. The molecular weight excluding hydrogens is 664 g/mol. The number of hydrogen-bond acceptors (Lipinski definition) is 9.